The van der Waals surface area contributed by atoms with Crippen LogP contribution in [0, 0.1) is 6.92 Å². The predicted octanol–water partition coefficient (Wildman–Crippen LogP) is 4.94. The summed E-state index contributed by atoms with van der Waals surface area (Å²) in [7, 11) is 1.72. The van der Waals surface area contributed by atoms with Gasteiger partial charge in [0, 0.05) is 18.3 Å². The molecule has 3 aromatic rings. The standard InChI is InChI=1S/C23H21ClN2O3/c1-16-7-9-17(10-8-16)23(28)26(2)18-11-13-19(14-12-18)29-15-22(27)25-21-6-4-3-5-20(21)24/h3-14H,15H2,1-2H3,(H,25,27). The number of aryl methyl sites for hydroxylation is 1. The van der Waals surface area contributed by atoms with Gasteiger partial charge in [-0.2, -0.15) is 0 Å². The van der Waals surface area contributed by atoms with E-state index in [0.29, 0.717) is 22.0 Å². The fourth-order valence-electron chi connectivity index (χ4n) is 2.67. The number of ether oxygens (including phenoxy) is 1. The number of amides is 2. The van der Waals surface area contributed by atoms with Gasteiger partial charge in [-0.15, -0.1) is 0 Å². The summed E-state index contributed by atoms with van der Waals surface area (Å²) >= 11 is 6.02. The molecule has 5 nitrogen and oxygen atoms in total. The zero-order valence-corrected chi connectivity index (χ0v) is 16.9. The second kappa shape index (κ2) is 9.26. The van der Waals surface area contributed by atoms with Crippen LogP contribution in [0.5, 0.6) is 5.75 Å². The smallest absolute Gasteiger partial charge is 0.262 e. The molecule has 0 fully saturated rings. The third-order valence-electron chi connectivity index (χ3n) is 4.35. The van der Waals surface area contributed by atoms with Crippen molar-refractivity contribution in [1.82, 2.24) is 0 Å². The molecule has 0 atom stereocenters. The Morgan fingerprint density at radius 3 is 2.28 bits per heavy atom. The van der Waals surface area contributed by atoms with Crippen molar-refractivity contribution < 1.29 is 14.3 Å². The average molecular weight is 409 g/mol. The maximum atomic E-state index is 12.6. The maximum absolute atomic E-state index is 12.6. The van der Waals surface area contributed by atoms with Crippen LogP contribution >= 0.6 is 11.6 Å². The van der Waals surface area contributed by atoms with Crippen molar-refractivity contribution in [2.45, 2.75) is 6.92 Å². The van der Waals surface area contributed by atoms with Gasteiger partial charge in [0.05, 0.1) is 10.7 Å². The van der Waals surface area contributed by atoms with Gasteiger partial charge in [-0.05, 0) is 55.5 Å². The quantitative estimate of drug-likeness (QED) is 0.628. The van der Waals surface area contributed by atoms with E-state index in [0.717, 1.165) is 11.3 Å². The number of carbonyl (C=O) groups is 2. The largest absolute Gasteiger partial charge is 0.484 e. The predicted molar refractivity (Wildman–Crippen MR) is 116 cm³/mol. The van der Waals surface area contributed by atoms with Gasteiger partial charge in [-0.25, -0.2) is 0 Å². The van der Waals surface area contributed by atoms with Crippen molar-refractivity contribution in [2.75, 3.05) is 23.9 Å². The number of para-hydroxylation sites is 1. The Morgan fingerprint density at radius 1 is 0.966 bits per heavy atom. The van der Waals surface area contributed by atoms with E-state index in [1.54, 1.807) is 60.5 Å². The Bertz CT molecular complexity index is 1000. The second-order valence-corrected chi connectivity index (χ2v) is 6.95. The molecule has 0 spiro atoms. The van der Waals surface area contributed by atoms with Crippen LogP contribution in [0.2, 0.25) is 5.02 Å². The first kappa shape index (κ1) is 20.4. The molecule has 3 aromatic carbocycles. The molecule has 29 heavy (non-hydrogen) atoms. The molecule has 0 aliphatic heterocycles. The van der Waals surface area contributed by atoms with Crippen molar-refractivity contribution in [2.24, 2.45) is 0 Å². The summed E-state index contributed by atoms with van der Waals surface area (Å²) in [5, 5.41) is 3.16. The minimum atomic E-state index is -0.311. The first-order valence-electron chi connectivity index (χ1n) is 9.06. The monoisotopic (exact) mass is 408 g/mol. The normalized spacial score (nSPS) is 10.3. The number of benzene rings is 3. The van der Waals surface area contributed by atoms with Crippen LogP contribution in [0.3, 0.4) is 0 Å². The first-order valence-corrected chi connectivity index (χ1v) is 9.44. The lowest BCUT2D eigenvalue weighted by atomic mass is 10.1. The highest BCUT2D eigenvalue weighted by atomic mass is 35.5. The summed E-state index contributed by atoms with van der Waals surface area (Å²) in [6.45, 7) is 1.83. The van der Waals surface area contributed by atoms with Gasteiger partial charge >= 0.3 is 0 Å². The number of carbonyl (C=O) groups excluding carboxylic acids is 2. The van der Waals surface area contributed by atoms with Crippen molar-refractivity contribution in [1.29, 1.82) is 0 Å². The van der Waals surface area contributed by atoms with Crippen LogP contribution in [0.25, 0.3) is 0 Å². The number of anilines is 2. The van der Waals surface area contributed by atoms with E-state index >= 15 is 0 Å². The Kier molecular flexibility index (Phi) is 6.52. The van der Waals surface area contributed by atoms with E-state index in [1.807, 2.05) is 31.2 Å². The minimum absolute atomic E-state index is 0.0993. The lowest BCUT2D eigenvalue weighted by Crippen LogP contribution is -2.26. The first-order chi connectivity index (χ1) is 13.9. The zero-order chi connectivity index (χ0) is 20.8. The van der Waals surface area contributed by atoms with Gasteiger partial charge in [-0.1, -0.05) is 41.4 Å². The molecular formula is C23H21ClN2O3. The molecule has 0 saturated carbocycles. The maximum Gasteiger partial charge on any atom is 0.262 e. The highest BCUT2D eigenvalue weighted by Crippen LogP contribution is 2.22. The molecular weight excluding hydrogens is 388 g/mol. The zero-order valence-electron chi connectivity index (χ0n) is 16.2. The summed E-state index contributed by atoms with van der Waals surface area (Å²) < 4.78 is 5.51. The van der Waals surface area contributed by atoms with Crippen LogP contribution in [0.4, 0.5) is 11.4 Å². The number of nitrogens with one attached hydrogen (secondary N) is 1. The van der Waals surface area contributed by atoms with E-state index in [9.17, 15) is 9.59 Å². The summed E-state index contributed by atoms with van der Waals surface area (Å²) in [5.41, 5.74) is 2.98. The number of halogens is 1. The second-order valence-electron chi connectivity index (χ2n) is 6.54. The van der Waals surface area contributed by atoms with Crippen molar-refractivity contribution >= 4 is 34.8 Å². The fourth-order valence-corrected chi connectivity index (χ4v) is 2.85. The van der Waals surface area contributed by atoms with Crippen molar-refractivity contribution in [3.63, 3.8) is 0 Å². The van der Waals surface area contributed by atoms with Crippen LogP contribution in [0.1, 0.15) is 15.9 Å². The van der Waals surface area contributed by atoms with E-state index in [4.69, 9.17) is 16.3 Å². The molecule has 1 N–H and O–H groups in total. The van der Waals surface area contributed by atoms with E-state index in [-0.39, 0.29) is 18.4 Å². The molecule has 148 valence electrons. The molecule has 0 saturated heterocycles. The van der Waals surface area contributed by atoms with Crippen LogP contribution in [-0.4, -0.2) is 25.5 Å². The minimum Gasteiger partial charge on any atom is -0.484 e. The van der Waals surface area contributed by atoms with Crippen LogP contribution in [0.15, 0.2) is 72.8 Å². The third kappa shape index (κ3) is 5.36. The lowest BCUT2D eigenvalue weighted by molar-refractivity contribution is -0.118. The van der Waals surface area contributed by atoms with Crippen molar-refractivity contribution in [3.05, 3.63) is 88.9 Å². The average Bonchev–Trinajstić information content (AvgIpc) is 2.74. The molecule has 2 amide bonds. The topological polar surface area (TPSA) is 58.6 Å². The summed E-state index contributed by atoms with van der Waals surface area (Å²) in [4.78, 5) is 26.2. The van der Waals surface area contributed by atoms with Gasteiger partial charge in [0.25, 0.3) is 11.8 Å². The Balaban J connectivity index is 1.57. The third-order valence-corrected chi connectivity index (χ3v) is 4.67. The fraction of sp³-hybridized carbons (Fsp3) is 0.130. The highest BCUT2D eigenvalue weighted by molar-refractivity contribution is 6.33. The summed E-state index contributed by atoms with van der Waals surface area (Å²) in [6, 6.07) is 21.4. The summed E-state index contributed by atoms with van der Waals surface area (Å²) in [6.07, 6.45) is 0. The number of hydrogen-bond acceptors (Lipinski definition) is 3. The molecule has 3 rings (SSSR count). The molecule has 0 bridgehead atoms. The lowest BCUT2D eigenvalue weighted by Gasteiger charge is -2.18. The van der Waals surface area contributed by atoms with Gasteiger partial charge < -0.3 is 15.0 Å². The number of rotatable bonds is 6. The van der Waals surface area contributed by atoms with E-state index < -0.39 is 0 Å². The Morgan fingerprint density at radius 2 is 1.62 bits per heavy atom. The van der Waals surface area contributed by atoms with Gasteiger partial charge in [0.1, 0.15) is 5.75 Å². The SMILES string of the molecule is Cc1ccc(C(=O)N(C)c2ccc(OCC(=O)Nc3ccccc3Cl)cc2)cc1. The molecule has 0 radical (unpaired) electrons. The molecule has 0 heterocycles. The van der Waals surface area contributed by atoms with Crippen LogP contribution in [-0.2, 0) is 4.79 Å². The Hall–Kier alpha value is -3.31. The van der Waals surface area contributed by atoms with Gasteiger partial charge in [0.2, 0.25) is 0 Å². The van der Waals surface area contributed by atoms with Crippen LogP contribution < -0.4 is 15.0 Å². The van der Waals surface area contributed by atoms with Gasteiger partial charge in [-0.3, -0.25) is 9.59 Å². The number of hydrogen-bond donors (Lipinski definition) is 1. The van der Waals surface area contributed by atoms with Gasteiger partial charge in [0.15, 0.2) is 6.61 Å². The molecule has 0 aliphatic carbocycles. The molecule has 6 heteroatoms. The Labute approximate surface area is 174 Å². The molecule has 0 aliphatic rings. The van der Waals surface area contributed by atoms with E-state index in [2.05, 4.69) is 5.32 Å². The molecule has 0 unspecified atom stereocenters. The molecule has 0 aromatic heterocycles. The highest BCUT2D eigenvalue weighted by Gasteiger charge is 2.13. The van der Waals surface area contributed by atoms with Crippen molar-refractivity contribution in [3.8, 4) is 5.75 Å². The van der Waals surface area contributed by atoms with E-state index in [1.165, 1.54) is 0 Å². The number of nitrogens with zero attached hydrogens (tertiary/aromatic N) is 1. The summed E-state index contributed by atoms with van der Waals surface area (Å²) in [5.74, 6) is 0.117.